The van der Waals surface area contributed by atoms with Crippen LogP contribution in [0.2, 0.25) is 5.02 Å². The molecule has 3 aromatic carbocycles. The van der Waals surface area contributed by atoms with Crippen LogP contribution in [-0.2, 0) is 16.1 Å². The van der Waals surface area contributed by atoms with Crippen LogP contribution in [0.5, 0.6) is 5.75 Å². The molecule has 162 valence electrons. The molecule has 2 amide bonds. The number of imide groups is 1. The minimum absolute atomic E-state index is 0.206. The lowest BCUT2D eigenvalue weighted by atomic mass is 10.2. The maximum absolute atomic E-state index is 13.3. The number of rotatable bonds is 8. The standard InChI is InChI=1S/C25H21ClN2O3S/c1-2-31-20-12-10-19(11-13-20)27-22-23(32-21-14-8-18(26)9-15-21)25(30)28(24(22)29)16-17-6-4-3-5-7-17/h3-15,27H,2,16H2,1H3. The van der Waals surface area contributed by atoms with Gasteiger partial charge in [-0.1, -0.05) is 53.7 Å². The molecule has 0 spiro atoms. The molecule has 0 aliphatic carbocycles. The van der Waals surface area contributed by atoms with E-state index in [2.05, 4.69) is 5.32 Å². The zero-order valence-electron chi connectivity index (χ0n) is 17.4. The number of anilines is 1. The second-order valence-corrected chi connectivity index (χ2v) is 8.54. The molecule has 0 radical (unpaired) electrons. The largest absolute Gasteiger partial charge is 0.494 e. The quantitative estimate of drug-likeness (QED) is 0.432. The molecule has 32 heavy (non-hydrogen) atoms. The highest BCUT2D eigenvalue weighted by molar-refractivity contribution is 8.04. The van der Waals surface area contributed by atoms with E-state index in [0.29, 0.717) is 22.2 Å². The van der Waals surface area contributed by atoms with E-state index >= 15 is 0 Å². The van der Waals surface area contributed by atoms with Gasteiger partial charge in [-0.05, 0) is 61.0 Å². The summed E-state index contributed by atoms with van der Waals surface area (Å²) in [6, 6.07) is 23.9. The molecule has 1 aliphatic rings. The number of thioether (sulfide) groups is 1. The Morgan fingerprint density at radius 1 is 0.906 bits per heavy atom. The highest BCUT2D eigenvalue weighted by Gasteiger charge is 2.39. The summed E-state index contributed by atoms with van der Waals surface area (Å²) < 4.78 is 5.48. The van der Waals surface area contributed by atoms with Crippen LogP contribution in [0.1, 0.15) is 12.5 Å². The van der Waals surface area contributed by atoms with Gasteiger partial charge in [-0.3, -0.25) is 14.5 Å². The molecule has 0 saturated heterocycles. The van der Waals surface area contributed by atoms with E-state index in [4.69, 9.17) is 16.3 Å². The summed E-state index contributed by atoms with van der Waals surface area (Å²) in [5, 5.41) is 3.76. The maximum Gasteiger partial charge on any atom is 0.278 e. The van der Waals surface area contributed by atoms with Crippen molar-refractivity contribution in [2.45, 2.75) is 18.4 Å². The zero-order chi connectivity index (χ0) is 22.5. The van der Waals surface area contributed by atoms with Gasteiger partial charge in [-0.15, -0.1) is 0 Å². The second kappa shape index (κ2) is 9.94. The molecule has 0 saturated carbocycles. The summed E-state index contributed by atoms with van der Waals surface area (Å²) >= 11 is 7.24. The van der Waals surface area contributed by atoms with Crippen molar-refractivity contribution in [3.05, 3.63) is 100 Å². The van der Waals surface area contributed by atoms with E-state index < -0.39 is 0 Å². The average Bonchev–Trinajstić information content (AvgIpc) is 3.02. The third kappa shape index (κ3) is 4.98. The third-order valence-corrected chi connectivity index (χ3v) is 6.12. The van der Waals surface area contributed by atoms with E-state index in [1.54, 1.807) is 12.1 Å². The van der Waals surface area contributed by atoms with Crippen LogP contribution in [0.4, 0.5) is 5.69 Å². The fourth-order valence-electron chi connectivity index (χ4n) is 3.23. The van der Waals surface area contributed by atoms with Gasteiger partial charge in [0.25, 0.3) is 11.8 Å². The number of carbonyl (C=O) groups excluding carboxylic acids is 2. The molecule has 1 heterocycles. The molecule has 3 aromatic rings. The van der Waals surface area contributed by atoms with Gasteiger partial charge < -0.3 is 10.1 Å². The Hall–Kier alpha value is -3.22. The van der Waals surface area contributed by atoms with Gasteiger partial charge in [0.05, 0.1) is 13.2 Å². The number of hydrogen-bond acceptors (Lipinski definition) is 5. The number of ether oxygens (including phenoxy) is 1. The Morgan fingerprint density at radius 3 is 2.25 bits per heavy atom. The molecule has 0 bridgehead atoms. The first kappa shape index (κ1) is 22.0. The second-order valence-electron chi connectivity index (χ2n) is 7.02. The van der Waals surface area contributed by atoms with Crippen LogP contribution < -0.4 is 10.1 Å². The number of benzene rings is 3. The summed E-state index contributed by atoms with van der Waals surface area (Å²) in [6.07, 6.45) is 0. The van der Waals surface area contributed by atoms with Crippen molar-refractivity contribution >= 4 is 40.9 Å². The van der Waals surface area contributed by atoms with Crippen molar-refractivity contribution in [1.82, 2.24) is 4.90 Å². The number of nitrogens with one attached hydrogen (secondary N) is 1. The molecule has 4 rings (SSSR count). The first-order valence-electron chi connectivity index (χ1n) is 10.1. The highest BCUT2D eigenvalue weighted by Crippen LogP contribution is 2.37. The van der Waals surface area contributed by atoms with Crippen molar-refractivity contribution < 1.29 is 14.3 Å². The Labute approximate surface area is 196 Å². The van der Waals surface area contributed by atoms with E-state index in [1.807, 2.05) is 73.7 Å². The molecular weight excluding hydrogens is 444 g/mol. The summed E-state index contributed by atoms with van der Waals surface area (Å²) in [6.45, 7) is 2.69. The van der Waals surface area contributed by atoms with E-state index in [-0.39, 0.29) is 24.1 Å². The van der Waals surface area contributed by atoms with Crippen molar-refractivity contribution in [3.8, 4) is 5.75 Å². The van der Waals surface area contributed by atoms with Gasteiger partial charge in [-0.25, -0.2) is 0 Å². The maximum atomic E-state index is 13.3. The topological polar surface area (TPSA) is 58.6 Å². The number of nitrogens with zero attached hydrogens (tertiary/aromatic N) is 1. The lowest BCUT2D eigenvalue weighted by Crippen LogP contribution is -2.31. The molecule has 7 heteroatoms. The Morgan fingerprint density at radius 2 is 1.59 bits per heavy atom. The van der Waals surface area contributed by atoms with Gasteiger partial charge in [0.15, 0.2) is 0 Å². The SMILES string of the molecule is CCOc1ccc(NC2=C(Sc3ccc(Cl)cc3)C(=O)N(Cc3ccccc3)C2=O)cc1. The molecule has 1 N–H and O–H groups in total. The van der Waals surface area contributed by atoms with Crippen LogP contribution in [0.25, 0.3) is 0 Å². The number of amides is 2. The van der Waals surface area contributed by atoms with Crippen LogP contribution in [-0.4, -0.2) is 23.3 Å². The summed E-state index contributed by atoms with van der Waals surface area (Å²) in [5.41, 5.74) is 1.84. The van der Waals surface area contributed by atoms with Gasteiger partial charge in [-0.2, -0.15) is 0 Å². The summed E-state index contributed by atoms with van der Waals surface area (Å²) in [5.74, 6) is 0.0544. The van der Waals surface area contributed by atoms with Crippen molar-refractivity contribution in [2.75, 3.05) is 11.9 Å². The van der Waals surface area contributed by atoms with Crippen LogP contribution in [0.3, 0.4) is 0 Å². The number of halogens is 1. The molecule has 0 fully saturated rings. The number of carbonyl (C=O) groups is 2. The predicted molar refractivity (Wildman–Crippen MR) is 128 cm³/mol. The van der Waals surface area contributed by atoms with Gasteiger partial charge in [0.2, 0.25) is 0 Å². The first-order chi connectivity index (χ1) is 15.5. The van der Waals surface area contributed by atoms with E-state index in [0.717, 1.165) is 16.2 Å². The molecule has 5 nitrogen and oxygen atoms in total. The molecule has 1 aliphatic heterocycles. The smallest absolute Gasteiger partial charge is 0.278 e. The Balaban J connectivity index is 1.64. The Bertz CT molecular complexity index is 1150. The lowest BCUT2D eigenvalue weighted by molar-refractivity contribution is -0.137. The predicted octanol–water partition coefficient (Wildman–Crippen LogP) is 5.72. The molecule has 0 unspecified atom stereocenters. The van der Waals surface area contributed by atoms with Gasteiger partial charge in [0.1, 0.15) is 16.4 Å². The molecular formula is C25H21ClN2O3S. The minimum Gasteiger partial charge on any atom is -0.494 e. The van der Waals surface area contributed by atoms with Crippen molar-refractivity contribution in [1.29, 1.82) is 0 Å². The van der Waals surface area contributed by atoms with Crippen LogP contribution in [0.15, 0.2) is 94.4 Å². The highest BCUT2D eigenvalue weighted by atomic mass is 35.5. The monoisotopic (exact) mass is 464 g/mol. The zero-order valence-corrected chi connectivity index (χ0v) is 19.0. The first-order valence-corrected chi connectivity index (χ1v) is 11.3. The van der Waals surface area contributed by atoms with E-state index in [1.165, 1.54) is 16.7 Å². The fourth-order valence-corrected chi connectivity index (χ4v) is 4.31. The fraction of sp³-hybridized carbons (Fsp3) is 0.120. The summed E-state index contributed by atoms with van der Waals surface area (Å²) in [7, 11) is 0. The number of hydrogen-bond donors (Lipinski definition) is 1. The summed E-state index contributed by atoms with van der Waals surface area (Å²) in [4.78, 5) is 29.0. The minimum atomic E-state index is -0.357. The normalized spacial score (nSPS) is 13.6. The van der Waals surface area contributed by atoms with Gasteiger partial charge >= 0.3 is 0 Å². The van der Waals surface area contributed by atoms with Crippen LogP contribution in [0, 0.1) is 0 Å². The van der Waals surface area contributed by atoms with E-state index in [9.17, 15) is 9.59 Å². The molecule has 0 atom stereocenters. The Kier molecular flexibility index (Phi) is 6.83. The average molecular weight is 465 g/mol. The van der Waals surface area contributed by atoms with Crippen LogP contribution >= 0.6 is 23.4 Å². The van der Waals surface area contributed by atoms with Gasteiger partial charge in [0, 0.05) is 15.6 Å². The molecule has 0 aromatic heterocycles. The van der Waals surface area contributed by atoms with Crippen molar-refractivity contribution in [3.63, 3.8) is 0 Å². The van der Waals surface area contributed by atoms with Crippen molar-refractivity contribution in [2.24, 2.45) is 0 Å². The third-order valence-electron chi connectivity index (χ3n) is 4.78. The lowest BCUT2D eigenvalue weighted by Gasteiger charge is -2.15.